The number of nitrogens with zero attached hydrogens (tertiary/aromatic N) is 3. The Kier molecular flexibility index (Phi) is 6.09. The quantitative estimate of drug-likeness (QED) is 0.395. The minimum Gasteiger partial charge on any atom is -0.305 e. The van der Waals surface area contributed by atoms with Crippen LogP contribution in [0.15, 0.2) is 41.3 Å². The number of likely N-dealkylation sites (tertiary alicyclic amines) is 1. The molecule has 2 aliphatic heterocycles. The molecular weight excluding hydrogens is 478 g/mol. The Labute approximate surface area is 223 Å². The smallest absolute Gasteiger partial charge is 0.265 e. The van der Waals surface area contributed by atoms with Gasteiger partial charge in [0.1, 0.15) is 0 Å². The monoisotopic (exact) mass is 521 g/mol. The Bertz CT molecular complexity index is 1230. The maximum Gasteiger partial charge on any atom is 0.265 e. The molecule has 0 aromatic heterocycles. The van der Waals surface area contributed by atoms with Gasteiger partial charge in [-0.3, -0.25) is 9.21 Å². The van der Waals surface area contributed by atoms with Gasteiger partial charge < -0.3 is 4.90 Å². The first-order valence-electron chi connectivity index (χ1n) is 14.9. The van der Waals surface area contributed by atoms with E-state index in [4.69, 9.17) is 0 Å². The molecule has 2 heterocycles. The fourth-order valence-electron chi connectivity index (χ4n) is 9.56. The van der Waals surface area contributed by atoms with E-state index in [9.17, 15) is 8.42 Å². The fraction of sp³-hybridized carbons (Fsp3) is 0.677. The molecule has 0 spiro atoms. The maximum absolute atomic E-state index is 13.3. The van der Waals surface area contributed by atoms with Crippen LogP contribution in [0.3, 0.4) is 0 Å². The van der Waals surface area contributed by atoms with Gasteiger partial charge in [0.25, 0.3) is 10.0 Å². The van der Waals surface area contributed by atoms with Crippen LogP contribution in [0.1, 0.15) is 64.2 Å². The first-order valence-corrected chi connectivity index (χ1v) is 16.3. The van der Waals surface area contributed by atoms with Gasteiger partial charge in [0.15, 0.2) is 0 Å². The van der Waals surface area contributed by atoms with Crippen molar-refractivity contribution in [1.29, 1.82) is 0 Å². The third-order valence-electron chi connectivity index (χ3n) is 10.7. The highest BCUT2D eigenvalue weighted by molar-refractivity contribution is 7.93. The average Bonchev–Trinajstić information content (AvgIpc) is 3.47. The second-order valence-corrected chi connectivity index (χ2v) is 15.0. The molecule has 37 heavy (non-hydrogen) atoms. The van der Waals surface area contributed by atoms with Crippen molar-refractivity contribution in [3.05, 3.63) is 36.4 Å². The molecule has 0 amide bonds. The van der Waals surface area contributed by atoms with Gasteiger partial charge in [0.05, 0.1) is 10.6 Å². The molecule has 1 saturated heterocycles. The van der Waals surface area contributed by atoms with E-state index in [0.29, 0.717) is 22.9 Å². The van der Waals surface area contributed by atoms with Gasteiger partial charge in [-0.05, 0) is 132 Å². The van der Waals surface area contributed by atoms with Gasteiger partial charge >= 0.3 is 0 Å². The van der Waals surface area contributed by atoms with Crippen LogP contribution in [0, 0.1) is 23.2 Å². The van der Waals surface area contributed by atoms with Gasteiger partial charge in [0.2, 0.25) is 0 Å². The summed E-state index contributed by atoms with van der Waals surface area (Å²) < 4.78 is 28.3. The number of sulfonamides is 1. The van der Waals surface area contributed by atoms with E-state index >= 15 is 0 Å². The summed E-state index contributed by atoms with van der Waals surface area (Å²) in [5, 5.41) is 1.91. The van der Waals surface area contributed by atoms with Crippen molar-refractivity contribution in [3.63, 3.8) is 0 Å². The first-order chi connectivity index (χ1) is 17.9. The predicted octanol–water partition coefficient (Wildman–Crippen LogP) is 5.74. The second kappa shape index (κ2) is 9.24. The van der Waals surface area contributed by atoms with Crippen LogP contribution >= 0.6 is 0 Å². The van der Waals surface area contributed by atoms with Gasteiger partial charge in [-0.1, -0.05) is 24.3 Å². The fourth-order valence-corrected chi connectivity index (χ4v) is 11.3. The molecule has 5 fully saturated rings. The minimum atomic E-state index is -3.44. The standard InChI is InChI=1S/C31H43N3O2S/c1-32(12-2-5-15-34-27-10-6-8-26-9-7-11-28(30(26)27)37(34,35)36)22-29(33-13-3-4-14-33)31-19-23-16-24(20-31)18-25(17-23)21-31/h6-11,23-25,29H,2-5,12-22H2,1H3. The lowest BCUT2D eigenvalue weighted by Gasteiger charge is -2.61. The van der Waals surface area contributed by atoms with Crippen molar-refractivity contribution in [3.8, 4) is 0 Å². The third kappa shape index (κ3) is 4.13. The molecular formula is C31H43N3O2S. The average molecular weight is 522 g/mol. The van der Waals surface area contributed by atoms with E-state index in [2.05, 4.69) is 16.8 Å². The lowest BCUT2D eigenvalue weighted by molar-refractivity contribution is -0.103. The zero-order valence-electron chi connectivity index (χ0n) is 22.4. The number of rotatable bonds is 9. The zero-order valence-corrected chi connectivity index (χ0v) is 23.3. The largest absolute Gasteiger partial charge is 0.305 e. The number of unbranched alkanes of at least 4 members (excludes halogenated alkanes) is 1. The van der Waals surface area contributed by atoms with Crippen molar-refractivity contribution in [2.45, 2.75) is 75.1 Å². The summed E-state index contributed by atoms with van der Waals surface area (Å²) in [6.07, 6.45) is 13.6. The molecule has 4 bridgehead atoms. The third-order valence-corrected chi connectivity index (χ3v) is 12.5. The summed E-state index contributed by atoms with van der Waals surface area (Å²) in [5.74, 6) is 2.99. The molecule has 0 radical (unpaired) electrons. The number of hydrogen-bond donors (Lipinski definition) is 0. The Hall–Kier alpha value is -1.63. The first kappa shape index (κ1) is 24.4. The van der Waals surface area contributed by atoms with E-state index in [0.717, 1.165) is 53.6 Å². The van der Waals surface area contributed by atoms with Crippen LogP contribution in [0.4, 0.5) is 5.69 Å². The Morgan fingerprint density at radius 1 is 0.946 bits per heavy atom. The van der Waals surface area contributed by atoms with E-state index < -0.39 is 10.0 Å². The molecule has 2 aromatic rings. The molecule has 4 aliphatic carbocycles. The lowest BCUT2D eigenvalue weighted by atomic mass is 9.47. The number of likely N-dealkylation sites (N-methyl/N-ethyl adjacent to an activating group) is 1. The van der Waals surface area contributed by atoms with Gasteiger partial charge in [-0.15, -0.1) is 0 Å². The van der Waals surface area contributed by atoms with Crippen molar-refractivity contribution in [1.82, 2.24) is 9.80 Å². The molecule has 4 saturated carbocycles. The van der Waals surface area contributed by atoms with Gasteiger partial charge in [-0.25, -0.2) is 8.42 Å². The van der Waals surface area contributed by atoms with Gasteiger partial charge in [0, 0.05) is 24.5 Å². The molecule has 0 N–H and O–H groups in total. The highest BCUT2D eigenvalue weighted by atomic mass is 32.2. The predicted molar refractivity (Wildman–Crippen MR) is 150 cm³/mol. The van der Waals surface area contributed by atoms with E-state index in [1.54, 1.807) is 10.4 Å². The van der Waals surface area contributed by atoms with Crippen molar-refractivity contribution in [2.24, 2.45) is 23.2 Å². The van der Waals surface area contributed by atoms with Crippen LogP contribution in [-0.2, 0) is 10.0 Å². The molecule has 6 aliphatic rings. The molecule has 200 valence electrons. The Balaban J connectivity index is 0.999. The van der Waals surface area contributed by atoms with E-state index in [1.165, 1.54) is 71.0 Å². The molecule has 1 atom stereocenters. The molecule has 6 heteroatoms. The highest BCUT2D eigenvalue weighted by Crippen LogP contribution is 2.62. The summed E-state index contributed by atoms with van der Waals surface area (Å²) in [5.41, 5.74) is 1.42. The number of benzene rings is 2. The lowest BCUT2D eigenvalue weighted by Crippen LogP contribution is -2.59. The number of anilines is 1. The second-order valence-electron chi connectivity index (χ2n) is 13.2. The molecule has 1 unspecified atom stereocenters. The summed E-state index contributed by atoms with van der Waals surface area (Å²) in [4.78, 5) is 5.93. The van der Waals surface area contributed by atoms with Gasteiger partial charge in [-0.2, -0.15) is 0 Å². The van der Waals surface area contributed by atoms with Crippen LogP contribution in [0.2, 0.25) is 0 Å². The minimum absolute atomic E-state index is 0.474. The summed E-state index contributed by atoms with van der Waals surface area (Å²) in [6, 6.07) is 12.3. The Morgan fingerprint density at radius 2 is 1.59 bits per heavy atom. The van der Waals surface area contributed by atoms with E-state index in [1.807, 2.05) is 30.3 Å². The normalized spacial score (nSPS) is 32.7. The topological polar surface area (TPSA) is 43.9 Å². The number of hydrogen-bond acceptors (Lipinski definition) is 4. The highest BCUT2D eigenvalue weighted by Gasteiger charge is 2.55. The van der Waals surface area contributed by atoms with Crippen LogP contribution in [-0.4, -0.2) is 64.0 Å². The summed E-state index contributed by atoms with van der Waals surface area (Å²) >= 11 is 0. The van der Waals surface area contributed by atoms with Crippen LogP contribution in [0.25, 0.3) is 10.8 Å². The zero-order chi connectivity index (χ0) is 25.2. The molecule has 8 rings (SSSR count). The van der Waals surface area contributed by atoms with Crippen molar-refractivity contribution < 1.29 is 8.42 Å². The van der Waals surface area contributed by atoms with E-state index in [-0.39, 0.29) is 0 Å². The maximum atomic E-state index is 13.3. The molecule has 2 aromatic carbocycles. The molecule has 5 nitrogen and oxygen atoms in total. The SMILES string of the molecule is CN(CCCCN1c2cccc3cccc(c23)S1(=O)=O)CC(N1CCCC1)C12CC3CC(CC(C3)C1)C2. The summed E-state index contributed by atoms with van der Waals surface area (Å²) in [6.45, 7) is 5.37. The van der Waals surface area contributed by atoms with Crippen molar-refractivity contribution >= 4 is 26.5 Å². The summed E-state index contributed by atoms with van der Waals surface area (Å²) in [7, 11) is -1.13. The Morgan fingerprint density at radius 3 is 2.27 bits per heavy atom. The van der Waals surface area contributed by atoms with Crippen LogP contribution in [0.5, 0.6) is 0 Å². The van der Waals surface area contributed by atoms with Crippen molar-refractivity contribution in [2.75, 3.05) is 44.1 Å². The van der Waals surface area contributed by atoms with Crippen LogP contribution < -0.4 is 4.31 Å².